The van der Waals surface area contributed by atoms with Gasteiger partial charge in [-0.05, 0) is 24.3 Å². The van der Waals surface area contributed by atoms with Crippen molar-refractivity contribution in [3.05, 3.63) is 65.7 Å². The van der Waals surface area contributed by atoms with E-state index in [9.17, 15) is 19.2 Å². The van der Waals surface area contributed by atoms with Gasteiger partial charge in [0.2, 0.25) is 5.91 Å². The minimum atomic E-state index is -0.769. The topological polar surface area (TPSA) is 114 Å². The van der Waals surface area contributed by atoms with E-state index in [1.165, 1.54) is 13.1 Å². The predicted molar refractivity (Wildman–Crippen MR) is 98.2 cm³/mol. The minimum absolute atomic E-state index is 0.112. The summed E-state index contributed by atoms with van der Waals surface area (Å²) in [5, 5.41) is 7.31. The normalized spacial score (nSPS) is 9.81. The maximum Gasteiger partial charge on any atom is 0.340 e. The Kier molecular flexibility index (Phi) is 7.07. The molecule has 0 aliphatic carbocycles. The van der Waals surface area contributed by atoms with Crippen LogP contribution in [0, 0.1) is 0 Å². The van der Waals surface area contributed by atoms with Crippen molar-refractivity contribution in [3.63, 3.8) is 0 Å². The summed E-state index contributed by atoms with van der Waals surface area (Å²) in [4.78, 5) is 47.2. The molecule has 0 aromatic heterocycles. The molecule has 3 N–H and O–H groups in total. The molecule has 0 spiro atoms. The van der Waals surface area contributed by atoms with Crippen LogP contribution in [0.5, 0.6) is 0 Å². The number of para-hydroxylation sites is 1. The van der Waals surface area contributed by atoms with Gasteiger partial charge in [0.15, 0.2) is 6.61 Å². The van der Waals surface area contributed by atoms with Crippen LogP contribution in [0.4, 0.5) is 5.69 Å². The van der Waals surface area contributed by atoms with Crippen molar-refractivity contribution in [2.24, 2.45) is 0 Å². The summed E-state index contributed by atoms with van der Waals surface area (Å²) >= 11 is 0. The van der Waals surface area contributed by atoms with Crippen LogP contribution < -0.4 is 16.0 Å². The summed E-state index contributed by atoms with van der Waals surface area (Å²) < 4.78 is 4.95. The Balaban J connectivity index is 1.98. The highest BCUT2D eigenvalue weighted by atomic mass is 16.5. The molecule has 0 saturated heterocycles. The van der Waals surface area contributed by atoms with Gasteiger partial charge in [0.1, 0.15) is 0 Å². The van der Waals surface area contributed by atoms with Crippen LogP contribution in [0.3, 0.4) is 0 Å². The van der Waals surface area contributed by atoms with E-state index in [0.717, 1.165) is 0 Å². The van der Waals surface area contributed by atoms with Gasteiger partial charge in [-0.1, -0.05) is 30.3 Å². The SMILES string of the molecule is CNC(=O)CNC(=O)COC(=O)c1ccccc1NC(=O)c1ccccc1. The lowest BCUT2D eigenvalue weighted by atomic mass is 10.1. The monoisotopic (exact) mass is 369 g/mol. The van der Waals surface area contributed by atoms with E-state index in [1.807, 2.05) is 0 Å². The average molecular weight is 369 g/mol. The number of likely N-dealkylation sites (N-methyl/N-ethyl adjacent to an activating group) is 1. The molecule has 2 aromatic carbocycles. The molecule has 0 saturated carbocycles. The van der Waals surface area contributed by atoms with Crippen LogP contribution in [-0.2, 0) is 14.3 Å². The third-order valence-electron chi connectivity index (χ3n) is 3.49. The first kappa shape index (κ1) is 19.6. The summed E-state index contributed by atoms with van der Waals surface area (Å²) in [5.74, 6) is -2.13. The molecule has 140 valence electrons. The standard InChI is InChI=1S/C19H19N3O5/c1-20-16(23)11-21-17(24)12-27-19(26)14-9-5-6-10-15(14)22-18(25)13-7-3-2-4-8-13/h2-10H,11-12H2,1H3,(H,20,23)(H,21,24)(H,22,25). The van der Waals surface area contributed by atoms with Crippen molar-refractivity contribution in [1.29, 1.82) is 0 Å². The molecule has 0 radical (unpaired) electrons. The number of anilines is 1. The maximum atomic E-state index is 12.3. The second-order valence-corrected chi connectivity index (χ2v) is 5.39. The first-order valence-corrected chi connectivity index (χ1v) is 8.11. The summed E-state index contributed by atoms with van der Waals surface area (Å²) in [5.41, 5.74) is 0.817. The van der Waals surface area contributed by atoms with Crippen molar-refractivity contribution in [2.45, 2.75) is 0 Å². The van der Waals surface area contributed by atoms with Gasteiger partial charge in [0, 0.05) is 12.6 Å². The van der Waals surface area contributed by atoms with Crippen LogP contribution in [0.25, 0.3) is 0 Å². The lowest BCUT2D eigenvalue weighted by Gasteiger charge is -2.11. The van der Waals surface area contributed by atoms with Crippen LogP contribution in [0.1, 0.15) is 20.7 Å². The zero-order valence-electron chi connectivity index (χ0n) is 14.7. The van der Waals surface area contributed by atoms with Gasteiger partial charge in [0.05, 0.1) is 17.8 Å². The first-order valence-electron chi connectivity index (χ1n) is 8.11. The third-order valence-corrected chi connectivity index (χ3v) is 3.49. The molecule has 8 nitrogen and oxygen atoms in total. The van der Waals surface area contributed by atoms with E-state index in [1.54, 1.807) is 48.5 Å². The second kappa shape index (κ2) is 9.71. The fourth-order valence-electron chi connectivity index (χ4n) is 2.08. The zero-order valence-corrected chi connectivity index (χ0v) is 14.7. The van der Waals surface area contributed by atoms with Crippen molar-refractivity contribution < 1.29 is 23.9 Å². The van der Waals surface area contributed by atoms with Crippen molar-refractivity contribution in [2.75, 3.05) is 25.5 Å². The Labute approximate surface area is 155 Å². The van der Waals surface area contributed by atoms with Gasteiger partial charge >= 0.3 is 5.97 Å². The smallest absolute Gasteiger partial charge is 0.340 e. The molecular formula is C19H19N3O5. The largest absolute Gasteiger partial charge is 0.452 e. The lowest BCUT2D eigenvalue weighted by molar-refractivity contribution is -0.127. The van der Waals surface area contributed by atoms with E-state index < -0.39 is 18.5 Å². The summed E-state index contributed by atoms with van der Waals surface area (Å²) in [6.45, 7) is -0.757. The molecule has 0 fully saturated rings. The number of hydrogen-bond acceptors (Lipinski definition) is 5. The summed E-state index contributed by atoms with van der Waals surface area (Å²) in [6.07, 6.45) is 0. The molecule has 27 heavy (non-hydrogen) atoms. The van der Waals surface area contributed by atoms with Gasteiger partial charge in [-0.2, -0.15) is 0 Å². The highest BCUT2D eigenvalue weighted by molar-refractivity contribution is 6.08. The van der Waals surface area contributed by atoms with Gasteiger partial charge < -0.3 is 20.7 Å². The number of carbonyl (C=O) groups excluding carboxylic acids is 4. The number of hydrogen-bond donors (Lipinski definition) is 3. The van der Waals surface area contributed by atoms with E-state index in [2.05, 4.69) is 16.0 Å². The zero-order chi connectivity index (χ0) is 19.6. The van der Waals surface area contributed by atoms with Crippen LogP contribution in [-0.4, -0.2) is 43.9 Å². The maximum absolute atomic E-state index is 12.3. The minimum Gasteiger partial charge on any atom is -0.452 e. The van der Waals surface area contributed by atoms with E-state index in [0.29, 0.717) is 5.56 Å². The Morgan fingerprint density at radius 2 is 1.56 bits per heavy atom. The van der Waals surface area contributed by atoms with Crippen molar-refractivity contribution in [3.8, 4) is 0 Å². The number of benzene rings is 2. The molecule has 8 heteroatoms. The number of amides is 3. The highest BCUT2D eigenvalue weighted by Gasteiger charge is 2.16. The first-order chi connectivity index (χ1) is 13.0. The molecule has 0 heterocycles. The predicted octanol–water partition coefficient (Wildman–Crippen LogP) is 0.958. The molecule has 0 aliphatic rings. The third kappa shape index (κ3) is 5.96. The van der Waals surface area contributed by atoms with E-state index in [4.69, 9.17) is 4.74 Å². The highest BCUT2D eigenvalue weighted by Crippen LogP contribution is 2.17. The molecule has 0 unspecified atom stereocenters. The fraction of sp³-hybridized carbons (Fsp3) is 0.158. The number of esters is 1. The number of ether oxygens (including phenoxy) is 1. The molecule has 3 amide bonds. The number of carbonyl (C=O) groups is 4. The fourth-order valence-corrected chi connectivity index (χ4v) is 2.08. The lowest BCUT2D eigenvalue weighted by Crippen LogP contribution is -2.37. The molecular weight excluding hydrogens is 350 g/mol. The van der Waals surface area contributed by atoms with Gasteiger partial charge in [-0.15, -0.1) is 0 Å². The quantitative estimate of drug-likeness (QED) is 0.629. The second-order valence-electron chi connectivity index (χ2n) is 5.39. The number of nitrogens with one attached hydrogen (secondary N) is 3. The molecule has 0 atom stereocenters. The average Bonchev–Trinajstić information content (AvgIpc) is 2.71. The molecule has 2 rings (SSSR count). The van der Waals surface area contributed by atoms with Crippen molar-refractivity contribution in [1.82, 2.24) is 10.6 Å². The Morgan fingerprint density at radius 3 is 2.26 bits per heavy atom. The van der Waals surface area contributed by atoms with E-state index >= 15 is 0 Å². The van der Waals surface area contributed by atoms with Crippen LogP contribution in [0.15, 0.2) is 54.6 Å². The van der Waals surface area contributed by atoms with Crippen molar-refractivity contribution >= 4 is 29.4 Å². The summed E-state index contributed by atoms with van der Waals surface area (Å²) in [7, 11) is 1.44. The molecule has 0 bridgehead atoms. The Bertz CT molecular complexity index is 836. The summed E-state index contributed by atoms with van der Waals surface area (Å²) in [6, 6.07) is 14.8. The molecule has 2 aromatic rings. The molecule has 0 aliphatic heterocycles. The van der Waals surface area contributed by atoms with E-state index in [-0.39, 0.29) is 29.6 Å². The number of rotatable bonds is 7. The van der Waals surface area contributed by atoms with Crippen LogP contribution >= 0.6 is 0 Å². The Morgan fingerprint density at radius 1 is 0.889 bits per heavy atom. The Hall–Kier alpha value is -3.68. The van der Waals surface area contributed by atoms with Gasteiger partial charge in [0.25, 0.3) is 11.8 Å². The van der Waals surface area contributed by atoms with Gasteiger partial charge in [-0.3, -0.25) is 14.4 Å². The van der Waals surface area contributed by atoms with Crippen LogP contribution in [0.2, 0.25) is 0 Å². The van der Waals surface area contributed by atoms with Gasteiger partial charge in [-0.25, -0.2) is 4.79 Å².